The van der Waals surface area contributed by atoms with Crippen LogP contribution in [0.5, 0.6) is 0 Å². The molecule has 0 saturated heterocycles. The second-order valence-corrected chi connectivity index (χ2v) is 4.83. The van der Waals surface area contributed by atoms with Gasteiger partial charge in [-0.1, -0.05) is 0 Å². The van der Waals surface area contributed by atoms with E-state index in [9.17, 15) is 13.2 Å². The molecule has 1 fully saturated rings. The van der Waals surface area contributed by atoms with Crippen LogP contribution in [0.15, 0.2) is 0 Å². The highest BCUT2D eigenvalue weighted by Gasteiger charge is 2.35. The summed E-state index contributed by atoms with van der Waals surface area (Å²) in [7, 11) is 1.61. The topological polar surface area (TPSA) is 12.5 Å². The molecule has 1 saturated carbocycles. The molecule has 2 unspecified atom stereocenters. The van der Waals surface area contributed by atoms with Crippen molar-refractivity contribution in [3.05, 3.63) is 0 Å². The van der Waals surface area contributed by atoms with E-state index in [4.69, 9.17) is 16.3 Å². The predicted octanol–water partition coefficient (Wildman–Crippen LogP) is 3.05. The Hall–Kier alpha value is -0.0000000000000000555. The smallest absolute Gasteiger partial charge is 0.381 e. The standard InChI is InChI=1S/C11H19ClF3NO/c1-17-10-4-2-3-9(7-10)16(6-5-12)8-11(13,14)15/h9-10H,2-8H2,1H3. The van der Waals surface area contributed by atoms with E-state index in [-0.39, 0.29) is 24.6 Å². The maximum Gasteiger partial charge on any atom is 0.401 e. The minimum atomic E-state index is -4.16. The first kappa shape index (κ1) is 15.1. The summed E-state index contributed by atoms with van der Waals surface area (Å²) in [6.45, 7) is -0.594. The van der Waals surface area contributed by atoms with Crippen molar-refractivity contribution in [1.29, 1.82) is 0 Å². The summed E-state index contributed by atoms with van der Waals surface area (Å²) in [5.41, 5.74) is 0. The molecule has 0 amide bonds. The van der Waals surface area contributed by atoms with Gasteiger partial charge in [0.15, 0.2) is 0 Å². The summed E-state index contributed by atoms with van der Waals surface area (Å²) < 4.78 is 42.6. The van der Waals surface area contributed by atoms with E-state index in [1.807, 2.05) is 0 Å². The van der Waals surface area contributed by atoms with Crippen LogP contribution in [0.4, 0.5) is 13.2 Å². The fourth-order valence-corrected chi connectivity index (χ4v) is 2.61. The van der Waals surface area contributed by atoms with Gasteiger partial charge in [-0.3, -0.25) is 4.90 Å². The third-order valence-electron chi connectivity index (χ3n) is 3.20. The van der Waals surface area contributed by atoms with Crippen molar-refractivity contribution in [2.75, 3.05) is 26.1 Å². The second kappa shape index (κ2) is 6.81. The Morgan fingerprint density at radius 1 is 1.35 bits per heavy atom. The third kappa shape index (κ3) is 5.44. The van der Waals surface area contributed by atoms with Gasteiger partial charge in [0.2, 0.25) is 0 Å². The fourth-order valence-electron chi connectivity index (χ4n) is 2.40. The number of methoxy groups -OCH3 is 1. The van der Waals surface area contributed by atoms with Crippen LogP contribution in [-0.2, 0) is 4.74 Å². The molecule has 17 heavy (non-hydrogen) atoms. The predicted molar refractivity (Wildman–Crippen MR) is 61.4 cm³/mol. The van der Waals surface area contributed by atoms with Crippen LogP contribution in [0.1, 0.15) is 25.7 Å². The summed E-state index contributed by atoms with van der Waals surface area (Å²) in [5, 5.41) is 0. The fraction of sp³-hybridized carbons (Fsp3) is 1.00. The average Bonchev–Trinajstić information content (AvgIpc) is 2.27. The van der Waals surface area contributed by atoms with Gasteiger partial charge in [-0.05, 0) is 25.7 Å². The Morgan fingerprint density at radius 2 is 2.06 bits per heavy atom. The van der Waals surface area contributed by atoms with Gasteiger partial charge in [0.1, 0.15) is 0 Å². The van der Waals surface area contributed by atoms with Gasteiger partial charge in [-0.2, -0.15) is 13.2 Å². The highest BCUT2D eigenvalue weighted by Crippen LogP contribution is 2.27. The molecule has 102 valence electrons. The van der Waals surface area contributed by atoms with E-state index in [1.165, 1.54) is 4.90 Å². The summed E-state index contributed by atoms with van der Waals surface area (Å²) in [6.07, 6.45) is -0.754. The van der Waals surface area contributed by atoms with Crippen LogP contribution in [-0.4, -0.2) is 49.3 Å². The number of alkyl halides is 4. The molecule has 0 aromatic rings. The van der Waals surface area contributed by atoms with Crippen LogP contribution in [0.2, 0.25) is 0 Å². The van der Waals surface area contributed by atoms with E-state index in [0.29, 0.717) is 6.42 Å². The molecule has 0 spiro atoms. The zero-order valence-corrected chi connectivity index (χ0v) is 10.7. The summed E-state index contributed by atoms with van der Waals surface area (Å²) in [4.78, 5) is 1.44. The molecular formula is C11H19ClF3NO. The van der Waals surface area contributed by atoms with Crippen molar-refractivity contribution >= 4 is 11.6 Å². The number of hydrogen-bond donors (Lipinski definition) is 0. The number of halogens is 4. The van der Waals surface area contributed by atoms with Gasteiger partial charge < -0.3 is 4.74 Å². The third-order valence-corrected chi connectivity index (χ3v) is 3.37. The maximum atomic E-state index is 12.4. The van der Waals surface area contributed by atoms with Gasteiger partial charge in [0, 0.05) is 25.6 Å². The molecule has 0 N–H and O–H groups in total. The Balaban J connectivity index is 2.56. The number of hydrogen-bond acceptors (Lipinski definition) is 2. The Kier molecular flexibility index (Phi) is 6.03. The van der Waals surface area contributed by atoms with Crippen molar-refractivity contribution in [2.24, 2.45) is 0 Å². The first-order valence-corrected chi connectivity index (χ1v) is 6.39. The van der Waals surface area contributed by atoms with Crippen molar-refractivity contribution in [2.45, 2.75) is 44.0 Å². The van der Waals surface area contributed by atoms with Gasteiger partial charge in [0.05, 0.1) is 12.6 Å². The Labute approximate surface area is 105 Å². The molecule has 0 radical (unpaired) electrons. The first-order valence-electron chi connectivity index (χ1n) is 5.86. The highest BCUT2D eigenvalue weighted by molar-refractivity contribution is 6.18. The lowest BCUT2D eigenvalue weighted by Gasteiger charge is -2.37. The molecule has 0 bridgehead atoms. The first-order chi connectivity index (χ1) is 7.96. The summed E-state index contributed by atoms with van der Waals surface area (Å²) in [5.74, 6) is 0.226. The second-order valence-electron chi connectivity index (χ2n) is 4.45. The quantitative estimate of drug-likeness (QED) is 0.714. The molecule has 0 aromatic carbocycles. The minimum Gasteiger partial charge on any atom is -0.381 e. The van der Waals surface area contributed by atoms with E-state index < -0.39 is 12.7 Å². The molecule has 1 aliphatic carbocycles. The highest BCUT2D eigenvalue weighted by atomic mass is 35.5. The van der Waals surface area contributed by atoms with Crippen molar-refractivity contribution in [3.8, 4) is 0 Å². The van der Waals surface area contributed by atoms with Crippen molar-refractivity contribution in [1.82, 2.24) is 4.90 Å². The van der Waals surface area contributed by atoms with E-state index in [1.54, 1.807) is 7.11 Å². The van der Waals surface area contributed by atoms with Gasteiger partial charge in [0.25, 0.3) is 0 Å². The monoisotopic (exact) mass is 273 g/mol. The molecule has 1 rings (SSSR count). The van der Waals surface area contributed by atoms with Crippen LogP contribution in [0.3, 0.4) is 0 Å². The summed E-state index contributed by atoms with van der Waals surface area (Å²) in [6, 6.07) is -0.0610. The number of rotatable bonds is 5. The number of ether oxygens (including phenoxy) is 1. The zero-order valence-electron chi connectivity index (χ0n) is 9.97. The van der Waals surface area contributed by atoms with Gasteiger partial charge in [-0.25, -0.2) is 0 Å². The van der Waals surface area contributed by atoms with Crippen LogP contribution in [0.25, 0.3) is 0 Å². The molecule has 2 nitrogen and oxygen atoms in total. The summed E-state index contributed by atoms with van der Waals surface area (Å²) >= 11 is 5.57. The van der Waals surface area contributed by atoms with Gasteiger partial charge >= 0.3 is 6.18 Å². The van der Waals surface area contributed by atoms with Crippen molar-refractivity contribution in [3.63, 3.8) is 0 Å². The largest absolute Gasteiger partial charge is 0.401 e. The molecule has 0 aliphatic heterocycles. The van der Waals surface area contributed by atoms with E-state index >= 15 is 0 Å². The SMILES string of the molecule is COC1CCCC(N(CCCl)CC(F)(F)F)C1. The lowest BCUT2D eigenvalue weighted by molar-refractivity contribution is -0.153. The lowest BCUT2D eigenvalue weighted by Crippen LogP contribution is -2.46. The zero-order chi connectivity index (χ0) is 12.9. The van der Waals surface area contributed by atoms with Crippen LogP contribution in [0, 0.1) is 0 Å². The van der Waals surface area contributed by atoms with E-state index in [2.05, 4.69) is 0 Å². The Morgan fingerprint density at radius 3 is 2.59 bits per heavy atom. The molecule has 2 atom stereocenters. The molecular weight excluding hydrogens is 255 g/mol. The normalized spacial score (nSPS) is 26.5. The number of nitrogens with zero attached hydrogens (tertiary/aromatic N) is 1. The maximum absolute atomic E-state index is 12.4. The van der Waals surface area contributed by atoms with Crippen LogP contribution < -0.4 is 0 Å². The average molecular weight is 274 g/mol. The minimum absolute atomic E-state index is 0.0610. The molecule has 1 aliphatic rings. The lowest BCUT2D eigenvalue weighted by atomic mass is 9.91. The van der Waals surface area contributed by atoms with Gasteiger partial charge in [-0.15, -0.1) is 11.6 Å². The van der Waals surface area contributed by atoms with Crippen LogP contribution >= 0.6 is 11.6 Å². The Bertz CT molecular complexity index is 225. The molecule has 0 heterocycles. The van der Waals surface area contributed by atoms with E-state index in [0.717, 1.165) is 19.3 Å². The molecule has 0 aromatic heterocycles. The molecule has 6 heteroatoms. The van der Waals surface area contributed by atoms with Crippen molar-refractivity contribution < 1.29 is 17.9 Å².